The van der Waals surface area contributed by atoms with E-state index in [-0.39, 0.29) is 18.0 Å². The number of amides is 2. The molecular formula is C26H41F2N3O3. The molecule has 3 N–H and O–H groups in total. The fraction of sp³-hybridized carbons (Fsp3) is 0.731. The third-order valence-electron chi connectivity index (χ3n) is 7.19. The summed E-state index contributed by atoms with van der Waals surface area (Å²) in [6.45, 7) is 2.60. The van der Waals surface area contributed by atoms with E-state index in [2.05, 4.69) is 5.32 Å². The molecule has 34 heavy (non-hydrogen) atoms. The molecule has 192 valence electrons. The number of halogens is 2. The normalized spacial score (nSPS) is 21.3. The zero-order valence-corrected chi connectivity index (χ0v) is 20.4. The molecule has 2 amide bonds. The molecule has 1 saturated carbocycles. The van der Waals surface area contributed by atoms with Crippen molar-refractivity contribution in [1.29, 1.82) is 0 Å². The molecule has 8 heteroatoms. The number of urea groups is 1. The van der Waals surface area contributed by atoms with Gasteiger partial charge in [-0.05, 0) is 49.3 Å². The van der Waals surface area contributed by atoms with E-state index in [9.17, 15) is 13.6 Å². The van der Waals surface area contributed by atoms with Gasteiger partial charge in [-0.2, -0.15) is 0 Å². The van der Waals surface area contributed by atoms with Crippen molar-refractivity contribution in [2.45, 2.75) is 69.9 Å². The van der Waals surface area contributed by atoms with Crippen LogP contribution in [0.3, 0.4) is 0 Å². The number of carbonyl (C=O) groups is 1. The Labute approximate surface area is 202 Å². The van der Waals surface area contributed by atoms with E-state index in [1.165, 1.54) is 38.2 Å². The summed E-state index contributed by atoms with van der Waals surface area (Å²) >= 11 is 0. The number of carbonyl (C=O) groups excluding carboxylic acids is 1. The molecule has 6 nitrogen and oxygen atoms in total. The lowest BCUT2D eigenvalue weighted by atomic mass is 9.85. The van der Waals surface area contributed by atoms with Crippen LogP contribution < -0.4 is 11.1 Å². The minimum absolute atomic E-state index is 0.0124. The SMILES string of the molecule is COCCCOC(c1ccc(F)c(F)c1)C1CCCN(C(=O)N[C@H](CN)CC2CCCCC2)C1. The number of ether oxygens (including phenoxy) is 2. The van der Waals surface area contributed by atoms with Crippen LogP contribution in [0.4, 0.5) is 13.6 Å². The highest BCUT2D eigenvalue weighted by Gasteiger charge is 2.32. The standard InChI is InChI=1S/C26H41F2N3O3/c1-33-13-6-14-34-25(20-10-11-23(27)24(28)16-20)21-9-5-12-31(18-21)26(32)30-22(17-29)15-19-7-3-2-4-8-19/h10-11,16,19,21-22,25H,2-9,12-15,17-18,29H2,1H3,(H,30,32)/t21?,22-,25?/m0/s1. The van der Waals surface area contributed by atoms with E-state index in [1.807, 2.05) is 4.90 Å². The van der Waals surface area contributed by atoms with Gasteiger partial charge in [0, 0.05) is 51.9 Å². The molecule has 0 radical (unpaired) electrons. The maximum absolute atomic E-state index is 14.0. The third kappa shape index (κ3) is 7.89. The second-order valence-electron chi connectivity index (χ2n) is 9.78. The van der Waals surface area contributed by atoms with Gasteiger partial charge in [0.2, 0.25) is 0 Å². The molecule has 3 atom stereocenters. The summed E-state index contributed by atoms with van der Waals surface area (Å²) in [5, 5.41) is 3.15. The summed E-state index contributed by atoms with van der Waals surface area (Å²) in [5.74, 6) is -1.14. The number of rotatable bonds is 11. The van der Waals surface area contributed by atoms with Gasteiger partial charge in [0.15, 0.2) is 11.6 Å². The predicted molar refractivity (Wildman–Crippen MR) is 128 cm³/mol. The van der Waals surface area contributed by atoms with Crippen molar-refractivity contribution >= 4 is 6.03 Å². The van der Waals surface area contributed by atoms with Crippen LogP contribution in [0.25, 0.3) is 0 Å². The average molecular weight is 482 g/mol. The van der Waals surface area contributed by atoms with Crippen LogP contribution in [0.1, 0.15) is 69.5 Å². The largest absolute Gasteiger partial charge is 0.385 e. The first-order valence-corrected chi connectivity index (χ1v) is 12.8. The van der Waals surface area contributed by atoms with E-state index in [1.54, 1.807) is 13.2 Å². The Kier molecular flexibility index (Phi) is 11.0. The second kappa shape index (κ2) is 14.0. The van der Waals surface area contributed by atoms with Gasteiger partial charge in [0.25, 0.3) is 0 Å². The highest BCUT2D eigenvalue weighted by atomic mass is 19.2. The van der Waals surface area contributed by atoms with E-state index in [0.717, 1.165) is 25.3 Å². The van der Waals surface area contributed by atoms with Gasteiger partial charge in [-0.1, -0.05) is 38.2 Å². The van der Waals surface area contributed by atoms with Crippen molar-refractivity contribution < 1.29 is 23.0 Å². The Morgan fingerprint density at radius 1 is 1.15 bits per heavy atom. The molecule has 1 saturated heterocycles. The van der Waals surface area contributed by atoms with Crippen LogP contribution in [-0.2, 0) is 9.47 Å². The minimum atomic E-state index is -0.887. The molecule has 0 spiro atoms. The van der Waals surface area contributed by atoms with Crippen LogP contribution in [0, 0.1) is 23.5 Å². The van der Waals surface area contributed by atoms with E-state index < -0.39 is 17.7 Å². The predicted octanol–water partition coefficient (Wildman–Crippen LogP) is 4.78. The number of methoxy groups -OCH3 is 1. The number of likely N-dealkylation sites (tertiary alicyclic amines) is 1. The van der Waals surface area contributed by atoms with Gasteiger partial charge in [-0.15, -0.1) is 0 Å². The Hall–Kier alpha value is -1.77. The quantitative estimate of drug-likeness (QED) is 0.446. The summed E-state index contributed by atoms with van der Waals surface area (Å²) in [6, 6.07) is 3.81. The van der Waals surface area contributed by atoms with Gasteiger partial charge in [-0.3, -0.25) is 0 Å². The fourth-order valence-corrected chi connectivity index (χ4v) is 5.35. The molecule has 0 bridgehead atoms. The average Bonchev–Trinajstić information content (AvgIpc) is 2.86. The van der Waals surface area contributed by atoms with Gasteiger partial charge in [-0.25, -0.2) is 13.6 Å². The number of benzene rings is 1. The van der Waals surface area contributed by atoms with Crippen molar-refractivity contribution in [2.75, 3.05) is 40.0 Å². The summed E-state index contributed by atoms with van der Waals surface area (Å²) in [5.41, 5.74) is 6.59. The maximum atomic E-state index is 14.0. The Bertz CT molecular complexity index is 761. The molecule has 1 aromatic rings. The molecule has 3 rings (SSSR count). The highest BCUT2D eigenvalue weighted by Crippen LogP contribution is 2.34. The molecule has 0 aromatic heterocycles. The van der Waals surface area contributed by atoms with Crippen molar-refractivity contribution in [1.82, 2.24) is 10.2 Å². The number of nitrogens with zero attached hydrogens (tertiary/aromatic N) is 1. The van der Waals surface area contributed by atoms with Crippen molar-refractivity contribution in [3.8, 4) is 0 Å². The fourth-order valence-electron chi connectivity index (χ4n) is 5.35. The van der Waals surface area contributed by atoms with Crippen LogP contribution in [0.5, 0.6) is 0 Å². The zero-order chi connectivity index (χ0) is 24.3. The molecule has 1 aliphatic heterocycles. The Morgan fingerprint density at radius 2 is 1.94 bits per heavy atom. The van der Waals surface area contributed by atoms with Crippen LogP contribution in [0.15, 0.2) is 18.2 Å². The van der Waals surface area contributed by atoms with E-state index in [0.29, 0.717) is 50.8 Å². The number of nitrogens with two attached hydrogens (primary N) is 1. The van der Waals surface area contributed by atoms with E-state index >= 15 is 0 Å². The van der Waals surface area contributed by atoms with Gasteiger partial charge < -0.3 is 25.4 Å². The molecule has 2 fully saturated rings. The van der Waals surface area contributed by atoms with E-state index in [4.69, 9.17) is 15.2 Å². The Morgan fingerprint density at radius 3 is 2.65 bits per heavy atom. The van der Waals surface area contributed by atoms with Gasteiger partial charge in [0.1, 0.15) is 0 Å². The highest BCUT2D eigenvalue weighted by molar-refractivity contribution is 5.74. The summed E-state index contributed by atoms with van der Waals surface area (Å²) in [6.07, 6.45) is 9.15. The molecule has 2 unspecified atom stereocenters. The zero-order valence-electron chi connectivity index (χ0n) is 20.4. The number of nitrogens with one attached hydrogen (secondary N) is 1. The summed E-state index contributed by atoms with van der Waals surface area (Å²) < 4.78 is 38.8. The van der Waals surface area contributed by atoms with Crippen molar-refractivity contribution in [2.24, 2.45) is 17.6 Å². The lowest BCUT2D eigenvalue weighted by Crippen LogP contribution is -2.51. The van der Waals surface area contributed by atoms with Crippen LogP contribution in [0.2, 0.25) is 0 Å². The maximum Gasteiger partial charge on any atom is 0.317 e. The lowest BCUT2D eigenvalue weighted by Gasteiger charge is -2.38. The monoisotopic (exact) mass is 481 g/mol. The van der Waals surface area contributed by atoms with Crippen LogP contribution in [-0.4, -0.2) is 56.9 Å². The summed E-state index contributed by atoms with van der Waals surface area (Å²) in [4.78, 5) is 14.9. The third-order valence-corrected chi connectivity index (χ3v) is 7.19. The van der Waals surface area contributed by atoms with Crippen LogP contribution >= 0.6 is 0 Å². The topological polar surface area (TPSA) is 76.8 Å². The molecule has 1 heterocycles. The number of piperidine rings is 1. The van der Waals surface area contributed by atoms with Crippen molar-refractivity contribution in [3.05, 3.63) is 35.4 Å². The molecular weight excluding hydrogens is 440 g/mol. The minimum Gasteiger partial charge on any atom is -0.385 e. The lowest BCUT2D eigenvalue weighted by molar-refractivity contribution is -0.0169. The summed E-state index contributed by atoms with van der Waals surface area (Å²) in [7, 11) is 1.63. The smallest absolute Gasteiger partial charge is 0.317 e. The second-order valence-corrected chi connectivity index (χ2v) is 9.78. The Balaban J connectivity index is 1.63. The van der Waals surface area contributed by atoms with Gasteiger partial charge >= 0.3 is 6.03 Å². The first kappa shape index (κ1) is 26.8. The van der Waals surface area contributed by atoms with Crippen molar-refractivity contribution in [3.63, 3.8) is 0 Å². The first-order valence-electron chi connectivity index (χ1n) is 12.8. The molecule has 1 aliphatic carbocycles. The van der Waals surface area contributed by atoms with Gasteiger partial charge in [0.05, 0.1) is 6.10 Å². The number of hydrogen-bond donors (Lipinski definition) is 2. The molecule has 1 aromatic carbocycles. The number of hydrogen-bond acceptors (Lipinski definition) is 4. The first-order chi connectivity index (χ1) is 16.5. The molecule has 2 aliphatic rings.